The van der Waals surface area contributed by atoms with Crippen LogP contribution < -0.4 is 20.1 Å². The molecule has 0 aliphatic carbocycles. The number of amides is 2. The van der Waals surface area contributed by atoms with E-state index in [4.69, 9.17) is 26.8 Å². The molecule has 2 aromatic rings. The van der Waals surface area contributed by atoms with Crippen molar-refractivity contribution in [2.24, 2.45) is 11.1 Å². The van der Waals surface area contributed by atoms with Crippen LogP contribution in [0.25, 0.3) is 0 Å². The molecule has 37 heavy (non-hydrogen) atoms. The molecule has 0 saturated carbocycles. The standard InChI is InChI=1S/C27H30ClFN4O4/c1-17(2)36-22-12-23-21(11-20(22)28)33(15-25(31)34)14-24(37-23)26(35)32-9-7-27(16-30,8-10-32)13-18-3-5-19(29)6-4-18/h3-6,11-12,17,24H,7-10,13-15H2,1-2H3,(H2,31,34). The van der Waals surface area contributed by atoms with Gasteiger partial charge >= 0.3 is 0 Å². The maximum Gasteiger partial charge on any atom is 0.265 e. The van der Waals surface area contributed by atoms with Gasteiger partial charge in [0.1, 0.15) is 17.3 Å². The van der Waals surface area contributed by atoms with Crippen LogP contribution in [0.3, 0.4) is 0 Å². The molecule has 10 heteroatoms. The van der Waals surface area contributed by atoms with Gasteiger partial charge in [0.2, 0.25) is 5.91 Å². The van der Waals surface area contributed by atoms with E-state index >= 15 is 0 Å². The predicted octanol–water partition coefficient (Wildman–Crippen LogP) is 3.69. The highest BCUT2D eigenvalue weighted by Crippen LogP contribution is 2.42. The summed E-state index contributed by atoms with van der Waals surface area (Å²) in [4.78, 5) is 28.6. The molecule has 2 amide bonds. The number of benzene rings is 2. The number of primary amides is 1. The van der Waals surface area contributed by atoms with Crippen molar-refractivity contribution >= 4 is 29.1 Å². The molecule has 2 aromatic carbocycles. The van der Waals surface area contributed by atoms with Crippen LogP contribution in [-0.2, 0) is 16.0 Å². The quantitative estimate of drug-likeness (QED) is 0.587. The summed E-state index contributed by atoms with van der Waals surface area (Å²) in [7, 11) is 0. The SMILES string of the molecule is CC(C)Oc1cc2c(cc1Cl)N(CC(N)=O)CC(C(=O)N1CCC(C#N)(Cc3ccc(F)cc3)CC1)O2. The van der Waals surface area contributed by atoms with Gasteiger partial charge in [-0.3, -0.25) is 9.59 Å². The number of rotatable bonds is 7. The minimum Gasteiger partial charge on any atom is -0.489 e. The lowest BCUT2D eigenvalue weighted by molar-refractivity contribution is -0.140. The average Bonchev–Trinajstić information content (AvgIpc) is 2.85. The Morgan fingerprint density at radius 3 is 2.54 bits per heavy atom. The van der Waals surface area contributed by atoms with Gasteiger partial charge in [-0.05, 0) is 56.9 Å². The first-order chi connectivity index (χ1) is 17.6. The third-order valence-corrected chi connectivity index (χ3v) is 7.01. The molecular weight excluding hydrogens is 499 g/mol. The highest BCUT2D eigenvalue weighted by molar-refractivity contribution is 6.32. The fourth-order valence-corrected chi connectivity index (χ4v) is 5.05. The molecule has 2 heterocycles. The molecule has 8 nitrogen and oxygen atoms in total. The van der Waals surface area contributed by atoms with Crippen molar-refractivity contribution in [3.05, 3.63) is 52.8 Å². The van der Waals surface area contributed by atoms with E-state index in [-0.39, 0.29) is 30.9 Å². The van der Waals surface area contributed by atoms with Crippen molar-refractivity contribution < 1.29 is 23.5 Å². The number of ether oxygens (including phenoxy) is 2. The van der Waals surface area contributed by atoms with Crippen molar-refractivity contribution in [3.8, 4) is 17.6 Å². The number of halogens is 2. The molecule has 1 unspecified atom stereocenters. The fourth-order valence-electron chi connectivity index (χ4n) is 4.85. The van der Waals surface area contributed by atoms with Crippen molar-refractivity contribution in [3.63, 3.8) is 0 Å². The van der Waals surface area contributed by atoms with E-state index in [1.165, 1.54) is 12.1 Å². The van der Waals surface area contributed by atoms with Gasteiger partial charge in [0.05, 0.1) is 41.4 Å². The molecule has 4 rings (SSSR count). The fraction of sp³-hybridized carbons (Fsp3) is 0.444. The molecule has 0 radical (unpaired) electrons. The van der Waals surface area contributed by atoms with E-state index < -0.39 is 17.4 Å². The van der Waals surface area contributed by atoms with Crippen LogP contribution in [0.5, 0.6) is 11.5 Å². The molecular formula is C27H30ClFN4O4. The number of likely N-dealkylation sites (tertiary alicyclic amines) is 1. The second-order valence-electron chi connectivity index (χ2n) is 9.89. The maximum atomic E-state index is 13.5. The van der Waals surface area contributed by atoms with Crippen LogP contribution in [0.15, 0.2) is 36.4 Å². The molecule has 0 spiro atoms. The van der Waals surface area contributed by atoms with Crippen molar-refractivity contribution in [1.82, 2.24) is 4.90 Å². The van der Waals surface area contributed by atoms with Crippen LogP contribution in [0.4, 0.5) is 10.1 Å². The van der Waals surface area contributed by atoms with Crippen LogP contribution in [-0.4, -0.2) is 55.1 Å². The van der Waals surface area contributed by atoms with Gasteiger partial charge in [0.25, 0.3) is 5.91 Å². The van der Waals surface area contributed by atoms with Crippen LogP contribution in [0, 0.1) is 22.6 Å². The smallest absolute Gasteiger partial charge is 0.265 e. The number of hydrogen-bond donors (Lipinski definition) is 1. The summed E-state index contributed by atoms with van der Waals surface area (Å²) >= 11 is 6.39. The Balaban J connectivity index is 1.49. The van der Waals surface area contributed by atoms with E-state index in [9.17, 15) is 19.2 Å². The summed E-state index contributed by atoms with van der Waals surface area (Å²) in [5, 5.41) is 10.3. The first-order valence-corrected chi connectivity index (χ1v) is 12.6. The molecule has 1 saturated heterocycles. The van der Waals surface area contributed by atoms with Gasteiger partial charge in [-0.1, -0.05) is 23.7 Å². The number of carbonyl (C=O) groups excluding carboxylic acids is 2. The van der Waals surface area contributed by atoms with Gasteiger partial charge in [0, 0.05) is 19.2 Å². The molecule has 2 aliphatic rings. The second kappa shape index (κ2) is 10.9. The lowest BCUT2D eigenvalue weighted by Gasteiger charge is -2.41. The molecule has 1 fully saturated rings. The predicted molar refractivity (Wildman–Crippen MR) is 137 cm³/mol. The minimum atomic E-state index is -0.869. The number of anilines is 1. The first kappa shape index (κ1) is 26.6. The summed E-state index contributed by atoms with van der Waals surface area (Å²) in [5.41, 5.74) is 6.28. The number of carbonyl (C=O) groups is 2. The third kappa shape index (κ3) is 6.08. The molecule has 1 atom stereocenters. The Bertz CT molecular complexity index is 1210. The maximum absolute atomic E-state index is 13.5. The Morgan fingerprint density at radius 1 is 1.27 bits per heavy atom. The van der Waals surface area contributed by atoms with Crippen molar-refractivity contribution in [1.29, 1.82) is 5.26 Å². The summed E-state index contributed by atoms with van der Waals surface area (Å²) in [6, 6.07) is 11.9. The number of fused-ring (bicyclic) bond motifs is 1. The third-order valence-electron chi connectivity index (χ3n) is 6.72. The lowest BCUT2D eigenvalue weighted by Crippen LogP contribution is -2.54. The zero-order valence-corrected chi connectivity index (χ0v) is 21.6. The molecule has 2 aliphatic heterocycles. The van der Waals surface area contributed by atoms with Gasteiger partial charge in [-0.15, -0.1) is 0 Å². The monoisotopic (exact) mass is 528 g/mol. The molecule has 2 N–H and O–H groups in total. The summed E-state index contributed by atoms with van der Waals surface area (Å²) in [6.07, 6.45) is 0.477. The van der Waals surface area contributed by atoms with E-state index in [1.54, 1.807) is 34.1 Å². The van der Waals surface area contributed by atoms with Gasteiger partial charge in [-0.25, -0.2) is 4.39 Å². The highest BCUT2D eigenvalue weighted by atomic mass is 35.5. The molecule has 0 bridgehead atoms. The Morgan fingerprint density at radius 2 is 1.95 bits per heavy atom. The van der Waals surface area contributed by atoms with Crippen LogP contribution in [0.1, 0.15) is 32.3 Å². The normalized spacial score (nSPS) is 18.5. The zero-order valence-electron chi connectivity index (χ0n) is 20.9. The molecule has 0 aromatic heterocycles. The second-order valence-corrected chi connectivity index (χ2v) is 10.3. The lowest BCUT2D eigenvalue weighted by atomic mass is 9.75. The number of nitrogens with two attached hydrogens (primary N) is 1. The first-order valence-electron chi connectivity index (χ1n) is 12.2. The van der Waals surface area contributed by atoms with Gasteiger partial charge < -0.3 is 25.0 Å². The highest BCUT2D eigenvalue weighted by Gasteiger charge is 2.40. The summed E-state index contributed by atoms with van der Waals surface area (Å²) in [5.74, 6) is -0.296. The van der Waals surface area contributed by atoms with E-state index in [0.717, 1.165) is 5.56 Å². The van der Waals surface area contributed by atoms with E-state index in [1.807, 2.05) is 13.8 Å². The topological polar surface area (TPSA) is 109 Å². The van der Waals surface area contributed by atoms with Crippen LogP contribution >= 0.6 is 11.6 Å². The number of hydrogen-bond acceptors (Lipinski definition) is 6. The largest absolute Gasteiger partial charge is 0.489 e. The number of piperidine rings is 1. The minimum absolute atomic E-state index is 0.101. The number of nitrogens with zero attached hydrogens (tertiary/aromatic N) is 3. The van der Waals surface area contributed by atoms with Crippen molar-refractivity contribution in [2.75, 3.05) is 31.1 Å². The number of nitriles is 1. The van der Waals surface area contributed by atoms with E-state index in [2.05, 4.69) is 6.07 Å². The van der Waals surface area contributed by atoms with Gasteiger partial charge in [-0.2, -0.15) is 5.26 Å². The average molecular weight is 529 g/mol. The van der Waals surface area contributed by atoms with Crippen LogP contribution in [0.2, 0.25) is 5.02 Å². The summed E-state index contributed by atoms with van der Waals surface area (Å²) < 4.78 is 25.1. The van der Waals surface area contributed by atoms with E-state index in [0.29, 0.717) is 54.6 Å². The Hall–Kier alpha value is -3.51. The summed E-state index contributed by atoms with van der Waals surface area (Å²) in [6.45, 7) is 4.55. The Kier molecular flexibility index (Phi) is 7.79. The zero-order chi connectivity index (χ0) is 26.7. The van der Waals surface area contributed by atoms with Crippen molar-refractivity contribution in [2.45, 2.75) is 45.3 Å². The van der Waals surface area contributed by atoms with Gasteiger partial charge in [0.15, 0.2) is 6.10 Å². The molecule has 196 valence electrons. The Labute approximate surface area is 220 Å².